The van der Waals surface area contributed by atoms with E-state index in [4.69, 9.17) is 5.73 Å². The normalized spacial score (nSPS) is 27.9. The Labute approximate surface area is 90.5 Å². The van der Waals surface area contributed by atoms with E-state index >= 15 is 0 Å². The summed E-state index contributed by atoms with van der Waals surface area (Å²) in [6.07, 6.45) is 1.67. The van der Waals surface area contributed by atoms with E-state index in [0.29, 0.717) is 0 Å². The molecule has 1 aliphatic rings. The Balaban J connectivity index is 2.27. The minimum atomic E-state index is -0.273. The smallest absolute Gasteiger partial charge is 0.0737 e. The molecule has 3 nitrogen and oxygen atoms in total. The van der Waals surface area contributed by atoms with E-state index in [1.807, 2.05) is 24.3 Å². The topological polar surface area (TPSA) is 49.5 Å². The molecule has 0 aliphatic carbocycles. The quantitative estimate of drug-likeness (QED) is 0.683. The van der Waals surface area contributed by atoms with Crippen LogP contribution in [-0.2, 0) is 0 Å². The Morgan fingerprint density at radius 2 is 2.27 bits per heavy atom. The van der Waals surface area contributed by atoms with Crippen LogP contribution in [-0.4, -0.2) is 29.7 Å². The first-order chi connectivity index (χ1) is 7.18. The molecule has 1 aliphatic heterocycles. The number of hydrogen-bond acceptors (Lipinski definition) is 3. The number of likely N-dealkylation sites (N-methyl/N-ethyl adjacent to an activating group) is 1. The number of nitrogen functional groups attached to an aromatic ring is 1. The molecule has 0 bridgehead atoms. The predicted molar refractivity (Wildman–Crippen MR) is 61.5 cm³/mol. The summed E-state index contributed by atoms with van der Waals surface area (Å²) in [5, 5.41) is 10.0. The van der Waals surface area contributed by atoms with Gasteiger partial charge in [-0.3, -0.25) is 4.90 Å². The van der Waals surface area contributed by atoms with E-state index in [1.54, 1.807) is 0 Å². The van der Waals surface area contributed by atoms with Crippen molar-refractivity contribution in [1.82, 2.24) is 4.90 Å². The first kappa shape index (κ1) is 10.5. The van der Waals surface area contributed by atoms with Crippen molar-refractivity contribution in [2.75, 3.05) is 19.3 Å². The standard InChI is InChI=1S/C12H18N2O/c1-14-7-3-6-11(15)12(14)9-4-2-5-10(13)8-9/h2,4-5,8,11-12,15H,3,6-7,13H2,1H3. The minimum Gasteiger partial charge on any atom is -0.399 e. The molecule has 1 aromatic carbocycles. The van der Waals surface area contributed by atoms with Gasteiger partial charge in [-0.1, -0.05) is 12.1 Å². The molecule has 1 fully saturated rings. The number of hydrogen-bond donors (Lipinski definition) is 2. The summed E-state index contributed by atoms with van der Waals surface area (Å²) in [7, 11) is 2.05. The van der Waals surface area contributed by atoms with Crippen LogP contribution in [0.2, 0.25) is 0 Å². The molecule has 2 unspecified atom stereocenters. The summed E-state index contributed by atoms with van der Waals surface area (Å²) in [4.78, 5) is 2.20. The van der Waals surface area contributed by atoms with Gasteiger partial charge in [-0.25, -0.2) is 0 Å². The van der Waals surface area contributed by atoms with E-state index in [0.717, 1.165) is 30.6 Å². The highest BCUT2D eigenvalue weighted by Crippen LogP contribution is 2.30. The largest absolute Gasteiger partial charge is 0.399 e. The fourth-order valence-electron chi connectivity index (χ4n) is 2.36. The third-order valence-corrected chi connectivity index (χ3v) is 3.10. The van der Waals surface area contributed by atoms with E-state index in [2.05, 4.69) is 11.9 Å². The Bertz CT molecular complexity index is 330. The summed E-state index contributed by atoms with van der Waals surface area (Å²) in [6.45, 7) is 1.04. The highest BCUT2D eigenvalue weighted by atomic mass is 16.3. The third-order valence-electron chi connectivity index (χ3n) is 3.10. The first-order valence-corrected chi connectivity index (χ1v) is 5.42. The predicted octanol–water partition coefficient (Wildman–Crippen LogP) is 1.40. The van der Waals surface area contributed by atoms with Gasteiger partial charge in [0.15, 0.2) is 0 Å². The van der Waals surface area contributed by atoms with Crippen LogP contribution in [0, 0.1) is 0 Å². The highest BCUT2D eigenvalue weighted by Gasteiger charge is 2.28. The molecule has 15 heavy (non-hydrogen) atoms. The number of nitrogens with two attached hydrogens (primary N) is 1. The fraction of sp³-hybridized carbons (Fsp3) is 0.500. The molecular formula is C12H18N2O. The monoisotopic (exact) mass is 206 g/mol. The third kappa shape index (κ3) is 2.13. The summed E-state index contributed by atoms with van der Waals surface area (Å²) >= 11 is 0. The zero-order valence-corrected chi connectivity index (χ0v) is 9.06. The molecule has 2 rings (SSSR count). The van der Waals surface area contributed by atoms with Crippen molar-refractivity contribution in [2.24, 2.45) is 0 Å². The van der Waals surface area contributed by atoms with Crippen LogP contribution in [0.3, 0.4) is 0 Å². The Morgan fingerprint density at radius 1 is 1.47 bits per heavy atom. The average molecular weight is 206 g/mol. The maximum absolute atomic E-state index is 10.0. The number of aliphatic hydroxyl groups is 1. The van der Waals surface area contributed by atoms with Crippen LogP contribution in [0.1, 0.15) is 24.4 Å². The highest BCUT2D eigenvalue weighted by molar-refractivity contribution is 5.42. The molecule has 3 N–H and O–H groups in total. The second-order valence-corrected chi connectivity index (χ2v) is 4.31. The van der Waals surface area contributed by atoms with Gasteiger partial charge in [-0.05, 0) is 44.1 Å². The lowest BCUT2D eigenvalue weighted by Gasteiger charge is -2.36. The maximum Gasteiger partial charge on any atom is 0.0737 e. The molecule has 1 heterocycles. The molecule has 1 aromatic rings. The van der Waals surface area contributed by atoms with E-state index in [9.17, 15) is 5.11 Å². The molecule has 2 atom stereocenters. The van der Waals surface area contributed by atoms with Crippen LogP contribution in [0.15, 0.2) is 24.3 Å². The minimum absolute atomic E-state index is 0.0993. The van der Waals surface area contributed by atoms with Gasteiger partial charge < -0.3 is 10.8 Å². The van der Waals surface area contributed by atoms with Gasteiger partial charge in [-0.15, -0.1) is 0 Å². The van der Waals surface area contributed by atoms with Crippen molar-refractivity contribution in [3.63, 3.8) is 0 Å². The number of likely N-dealkylation sites (tertiary alicyclic amines) is 1. The second-order valence-electron chi connectivity index (χ2n) is 4.31. The van der Waals surface area contributed by atoms with Gasteiger partial charge in [0.05, 0.1) is 12.1 Å². The Morgan fingerprint density at radius 3 is 2.93 bits per heavy atom. The van der Waals surface area contributed by atoms with Crippen LogP contribution in [0.25, 0.3) is 0 Å². The average Bonchev–Trinajstić information content (AvgIpc) is 2.17. The van der Waals surface area contributed by atoms with Crippen LogP contribution < -0.4 is 5.73 Å². The maximum atomic E-state index is 10.0. The summed E-state index contributed by atoms with van der Waals surface area (Å²) in [5.41, 5.74) is 7.63. The first-order valence-electron chi connectivity index (χ1n) is 5.42. The molecule has 82 valence electrons. The van der Waals surface area contributed by atoms with Crippen molar-refractivity contribution in [1.29, 1.82) is 0 Å². The molecule has 1 saturated heterocycles. The van der Waals surface area contributed by atoms with Gasteiger partial charge in [0.1, 0.15) is 0 Å². The SMILES string of the molecule is CN1CCCC(O)C1c1cccc(N)c1. The molecular weight excluding hydrogens is 188 g/mol. The summed E-state index contributed by atoms with van der Waals surface area (Å²) in [5.74, 6) is 0. The number of aliphatic hydroxyl groups excluding tert-OH is 1. The molecule has 0 amide bonds. The van der Waals surface area contributed by atoms with Crippen molar-refractivity contribution in [3.8, 4) is 0 Å². The molecule has 0 radical (unpaired) electrons. The van der Waals surface area contributed by atoms with Crippen molar-refractivity contribution in [3.05, 3.63) is 29.8 Å². The lowest BCUT2D eigenvalue weighted by Crippen LogP contribution is -2.39. The second kappa shape index (κ2) is 4.21. The van der Waals surface area contributed by atoms with E-state index in [-0.39, 0.29) is 12.1 Å². The van der Waals surface area contributed by atoms with Crippen LogP contribution in [0.4, 0.5) is 5.69 Å². The van der Waals surface area contributed by atoms with E-state index < -0.39 is 0 Å². The van der Waals surface area contributed by atoms with Crippen molar-refractivity contribution in [2.45, 2.75) is 25.0 Å². The van der Waals surface area contributed by atoms with Gasteiger partial charge in [0.25, 0.3) is 0 Å². The van der Waals surface area contributed by atoms with Crippen molar-refractivity contribution < 1.29 is 5.11 Å². The van der Waals surface area contributed by atoms with Gasteiger partial charge >= 0.3 is 0 Å². The molecule has 0 saturated carbocycles. The Hall–Kier alpha value is -1.06. The molecule has 0 aromatic heterocycles. The zero-order chi connectivity index (χ0) is 10.8. The Kier molecular flexibility index (Phi) is 2.93. The fourth-order valence-corrected chi connectivity index (χ4v) is 2.36. The van der Waals surface area contributed by atoms with Crippen LogP contribution in [0.5, 0.6) is 0 Å². The van der Waals surface area contributed by atoms with Crippen molar-refractivity contribution >= 4 is 5.69 Å². The number of rotatable bonds is 1. The number of benzene rings is 1. The van der Waals surface area contributed by atoms with Gasteiger partial charge in [0.2, 0.25) is 0 Å². The number of nitrogens with zero attached hydrogens (tertiary/aromatic N) is 1. The van der Waals surface area contributed by atoms with Crippen LogP contribution >= 0.6 is 0 Å². The van der Waals surface area contributed by atoms with Gasteiger partial charge in [0, 0.05) is 5.69 Å². The summed E-state index contributed by atoms with van der Waals surface area (Å²) in [6, 6.07) is 7.91. The molecule has 0 spiro atoms. The number of anilines is 1. The molecule has 3 heteroatoms. The zero-order valence-electron chi connectivity index (χ0n) is 9.06. The van der Waals surface area contributed by atoms with Gasteiger partial charge in [-0.2, -0.15) is 0 Å². The number of piperidine rings is 1. The lowest BCUT2D eigenvalue weighted by molar-refractivity contribution is 0.0242. The summed E-state index contributed by atoms with van der Waals surface area (Å²) < 4.78 is 0. The lowest BCUT2D eigenvalue weighted by atomic mass is 9.93. The van der Waals surface area contributed by atoms with E-state index in [1.165, 1.54) is 0 Å².